The molecular weight excluding hydrogens is 198 g/mol. The number of fused-ring (bicyclic) bond motifs is 1. The molecule has 0 amide bonds. The molecule has 3 N–H and O–H groups in total. The first-order valence-electron chi connectivity index (χ1n) is 4.47. The van der Waals surface area contributed by atoms with Gasteiger partial charge in [-0.2, -0.15) is 0 Å². The summed E-state index contributed by atoms with van der Waals surface area (Å²) in [6.07, 6.45) is 1.58. The number of nitrogens with zero attached hydrogens (tertiary/aromatic N) is 1. The summed E-state index contributed by atoms with van der Waals surface area (Å²) in [6, 6.07) is 1.79. The molecule has 0 atom stereocenters. The van der Waals surface area contributed by atoms with Crippen LogP contribution < -0.4 is 11.3 Å². The van der Waals surface area contributed by atoms with Crippen molar-refractivity contribution in [1.29, 1.82) is 0 Å². The summed E-state index contributed by atoms with van der Waals surface area (Å²) in [5.41, 5.74) is 5.34. The SMILES string of the molecule is NCCCc1nc2sccc2c(=O)[nH]1. The van der Waals surface area contributed by atoms with Gasteiger partial charge in [-0.15, -0.1) is 11.3 Å². The zero-order chi connectivity index (χ0) is 9.97. The molecule has 0 radical (unpaired) electrons. The largest absolute Gasteiger partial charge is 0.330 e. The van der Waals surface area contributed by atoms with Gasteiger partial charge >= 0.3 is 0 Å². The molecule has 4 nitrogen and oxygen atoms in total. The van der Waals surface area contributed by atoms with E-state index < -0.39 is 0 Å². The molecule has 0 aliphatic carbocycles. The van der Waals surface area contributed by atoms with Crippen molar-refractivity contribution in [1.82, 2.24) is 9.97 Å². The van der Waals surface area contributed by atoms with Gasteiger partial charge < -0.3 is 10.7 Å². The van der Waals surface area contributed by atoms with Gasteiger partial charge in [-0.3, -0.25) is 4.79 Å². The molecule has 0 spiro atoms. The van der Waals surface area contributed by atoms with E-state index in [1.807, 2.05) is 5.38 Å². The standard InChI is InChI=1S/C9H11N3OS/c10-4-1-2-7-11-8(13)6-3-5-14-9(6)12-7/h3,5H,1-2,4,10H2,(H,11,12,13). The summed E-state index contributed by atoms with van der Waals surface area (Å²) in [7, 11) is 0. The predicted molar refractivity (Wildman–Crippen MR) is 57.6 cm³/mol. The number of nitrogens with two attached hydrogens (primary N) is 1. The molecule has 0 unspecified atom stereocenters. The molecule has 5 heteroatoms. The third-order valence-electron chi connectivity index (χ3n) is 2.00. The van der Waals surface area contributed by atoms with E-state index in [1.54, 1.807) is 6.07 Å². The molecule has 2 heterocycles. The maximum atomic E-state index is 11.5. The molecule has 2 aromatic heterocycles. The molecule has 2 aromatic rings. The van der Waals surface area contributed by atoms with Crippen LogP contribution in [0.15, 0.2) is 16.2 Å². The third-order valence-corrected chi connectivity index (χ3v) is 2.81. The number of aromatic nitrogens is 2. The van der Waals surface area contributed by atoms with Gasteiger partial charge in [-0.25, -0.2) is 4.98 Å². The molecule has 14 heavy (non-hydrogen) atoms. The van der Waals surface area contributed by atoms with Crippen molar-refractivity contribution in [2.75, 3.05) is 6.54 Å². The molecule has 0 aromatic carbocycles. The molecule has 0 bridgehead atoms. The van der Waals surface area contributed by atoms with Gasteiger partial charge in [0.05, 0.1) is 5.39 Å². The Kier molecular flexibility index (Phi) is 2.60. The number of hydrogen-bond acceptors (Lipinski definition) is 4. The number of aryl methyl sites for hydroxylation is 1. The second kappa shape index (κ2) is 3.89. The van der Waals surface area contributed by atoms with Crippen molar-refractivity contribution in [2.45, 2.75) is 12.8 Å². The molecule has 2 rings (SSSR count). The maximum Gasteiger partial charge on any atom is 0.259 e. The summed E-state index contributed by atoms with van der Waals surface area (Å²) in [6.45, 7) is 0.617. The van der Waals surface area contributed by atoms with Crippen molar-refractivity contribution in [2.24, 2.45) is 5.73 Å². The predicted octanol–water partition coefficient (Wildman–Crippen LogP) is 0.876. The van der Waals surface area contributed by atoms with Gasteiger partial charge in [0.15, 0.2) is 0 Å². The van der Waals surface area contributed by atoms with E-state index in [1.165, 1.54) is 11.3 Å². The molecule has 0 aliphatic rings. The van der Waals surface area contributed by atoms with Crippen molar-refractivity contribution in [3.05, 3.63) is 27.6 Å². The van der Waals surface area contributed by atoms with Crippen molar-refractivity contribution >= 4 is 21.6 Å². The molecule has 0 saturated carbocycles. The van der Waals surface area contributed by atoms with Gasteiger partial charge in [0.25, 0.3) is 5.56 Å². The lowest BCUT2D eigenvalue weighted by molar-refractivity contribution is 0.783. The number of nitrogens with one attached hydrogen (secondary N) is 1. The van der Waals surface area contributed by atoms with Crippen LogP contribution in [-0.2, 0) is 6.42 Å². The Morgan fingerprint density at radius 1 is 1.57 bits per heavy atom. The van der Waals surface area contributed by atoms with Crippen LogP contribution in [-0.4, -0.2) is 16.5 Å². The molecule has 0 fully saturated rings. The highest BCUT2D eigenvalue weighted by Gasteiger charge is 2.03. The minimum absolute atomic E-state index is 0.0525. The lowest BCUT2D eigenvalue weighted by atomic mass is 10.3. The first kappa shape index (κ1) is 9.36. The van der Waals surface area contributed by atoms with Gasteiger partial charge in [-0.05, 0) is 24.4 Å². The van der Waals surface area contributed by atoms with Crippen molar-refractivity contribution < 1.29 is 0 Å². The van der Waals surface area contributed by atoms with E-state index in [0.29, 0.717) is 11.9 Å². The summed E-state index contributed by atoms with van der Waals surface area (Å²) in [4.78, 5) is 19.4. The Hall–Kier alpha value is -1.20. The summed E-state index contributed by atoms with van der Waals surface area (Å²) in [5.74, 6) is 0.732. The first-order chi connectivity index (χ1) is 6.81. The number of hydrogen-bond donors (Lipinski definition) is 2. The first-order valence-corrected chi connectivity index (χ1v) is 5.35. The minimum atomic E-state index is -0.0525. The highest BCUT2D eigenvalue weighted by molar-refractivity contribution is 7.16. The second-order valence-corrected chi connectivity index (χ2v) is 3.94. The zero-order valence-electron chi connectivity index (χ0n) is 7.62. The minimum Gasteiger partial charge on any atom is -0.330 e. The highest BCUT2D eigenvalue weighted by Crippen LogP contribution is 2.14. The smallest absolute Gasteiger partial charge is 0.259 e. The fourth-order valence-corrected chi connectivity index (χ4v) is 2.08. The monoisotopic (exact) mass is 209 g/mol. The molecule has 74 valence electrons. The van der Waals surface area contributed by atoms with Crippen LogP contribution in [0.1, 0.15) is 12.2 Å². The maximum absolute atomic E-state index is 11.5. The zero-order valence-corrected chi connectivity index (χ0v) is 8.43. The topological polar surface area (TPSA) is 71.8 Å². The normalized spacial score (nSPS) is 10.9. The Morgan fingerprint density at radius 2 is 2.43 bits per heavy atom. The highest BCUT2D eigenvalue weighted by atomic mass is 32.1. The average molecular weight is 209 g/mol. The average Bonchev–Trinajstić information content (AvgIpc) is 2.63. The Bertz CT molecular complexity index is 488. The molecule has 0 aliphatic heterocycles. The van der Waals surface area contributed by atoms with E-state index in [9.17, 15) is 4.79 Å². The quantitative estimate of drug-likeness (QED) is 0.788. The van der Waals surface area contributed by atoms with E-state index in [-0.39, 0.29) is 5.56 Å². The van der Waals surface area contributed by atoms with Gasteiger partial charge in [-0.1, -0.05) is 0 Å². The van der Waals surface area contributed by atoms with Crippen LogP contribution in [0.4, 0.5) is 0 Å². The van der Waals surface area contributed by atoms with E-state index in [4.69, 9.17) is 5.73 Å². The second-order valence-electron chi connectivity index (χ2n) is 3.04. The van der Waals surface area contributed by atoms with Crippen molar-refractivity contribution in [3.8, 4) is 0 Å². The van der Waals surface area contributed by atoms with E-state index in [2.05, 4.69) is 9.97 Å². The third kappa shape index (κ3) is 1.69. The van der Waals surface area contributed by atoms with Crippen LogP contribution in [0.3, 0.4) is 0 Å². The summed E-state index contributed by atoms with van der Waals surface area (Å²) in [5, 5.41) is 2.55. The van der Waals surface area contributed by atoms with Gasteiger partial charge in [0, 0.05) is 6.42 Å². The summed E-state index contributed by atoms with van der Waals surface area (Å²) < 4.78 is 0. The van der Waals surface area contributed by atoms with E-state index >= 15 is 0 Å². The number of thiophene rings is 1. The van der Waals surface area contributed by atoms with E-state index in [0.717, 1.165) is 23.5 Å². The Labute approximate surface area is 84.8 Å². The fourth-order valence-electron chi connectivity index (χ4n) is 1.30. The lowest BCUT2D eigenvalue weighted by Gasteiger charge is -1.98. The van der Waals surface area contributed by atoms with Crippen LogP contribution in [0, 0.1) is 0 Å². The van der Waals surface area contributed by atoms with Crippen LogP contribution in [0.25, 0.3) is 10.2 Å². The fraction of sp³-hybridized carbons (Fsp3) is 0.333. The van der Waals surface area contributed by atoms with Gasteiger partial charge in [0.2, 0.25) is 0 Å². The van der Waals surface area contributed by atoms with Crippen LogP contribution in [0.5, 0.6) is 0 Å². The van der Waals surface area contributed by atoms with Crippen molar-refractivity contribution in [3.63, 3.8) is 0 Å². The Balaban J connectivity index is 2.43. The van der Waals surface area contributed by atoms with Crippen LogP contribution in [0.2, 0.25) is 0 Å². The van der Waals surface area contributed by atoms with Gasteiger partial charge in [0.1, 0.15) is 10.7 Å². The number of H-pyrrole nitrogens is 1. The summed E-state index contributed by atoms with van der Waals surface area (Å²) >= 11 is 1.49. The molecular formula is C9H11N3OS. The Morgan fingerprint density at radius 3 is 3.21 bits per heavy atom. The number of aromatic amines is 1. The lowest BCUT2D eigenvalue weighted by Crippen LogP contribution is -2.11. The number of rotatable bonds is 3. The molecule has 0 saturated heterocycles. The van der Waals surface area contributed by atoms with Crippen LogP contribution >= 0.6 is 11.3 Å².